The van der Waals surface area contributed by atoms with Gasteiger partial charge >= 0.3 is 0 Å². The molecule has 1 aliphatic heterocycles. The molecule has 11 heteroatoms. The quantitative estimate of drug-likeness (QED) is 0.707. The average Bonchev–Trinajstić information content (AvgIpc) is 2.98. The lowest BCUT2D eigenvalue weighted by Crippen LogP contribution is -2.27. The van der Waals surface area contributed by atoms with Crippen molar-refractivity contribution in [2.24, 2.45) is 0 Å². The van der Waals surface area contributed by atoms with Crippen molar-refractivity contribution < 1.29 is 22.7 Å². The lowest BCUT2D eigenvalue weighted by atomic mass is 9.98. The SMILES string of the molecule is CC(C)(C)c1nnc(NC(=O)CCNS(=O)(=O)c2ccc3c(c2)OCCCO3)s1. The van der Waals surface area contributed by atoms with Gasteiger partial charge in [0.15, 0.2) is 11.5 Å². The molecule has 2 aromatic rings. The van der Waals surface area contributed by atoms with Crippen LogP contribution >= 0.6 is 11.3 Å². The van der Waals surface area contributed by atoms with Crippen molar-refractivity contribution >= 4 is 32.4 Å². The smallest absolute Gasteiger partial charge is 0.240 e. The zero-order valence-corrected chi connectivity index (χ0v) is 18.2. The van der Waals surface area contributed by atoms with E-state index in [-0.39, 0.29) is 29.2 Å². The zero-order valence-electron chi connectivity index (χ0n) is 16.5. The molecule has 0 atom stereocenters. The van der Waals surface area contributed by atoms with Gasteiger partial charge in [0.05, 0.1) is 18.1 Å². The molecule has 3 rings (SSSR count). The normalized spacial score (nSPS) is 14.3. The van der Waals surface area contributed by atoms with Gasteiger partial charge in [-0.15, -0.1) is 10.2 Å². The van der Waals surface area contributed by atoms with Crippen molar-refractivity contribution in [2.75, 3.05) is 25.1 Å². The summed E-state index contributed by atoms with van der Waals surface area (Å²) in [6.45, 7) is 6.97. The highest BCUT2D eigenvalue weighted by Gasteiger charge is 2.21. The van der Waals surface area contributed by atoms with Crippen LogP contribution in [0.1, 0.15) is 38.6 Å². The van der Waals surface area contributed by atoms with Crippen LogP contribution in [0.3, 0.4) is 0 Å². The topological polar surface area (TPSA) is 120 Å². The third-order valence-electron chi connectivity index (χ3n) is 3.99. The molecule has 1 amide bonds. The number of sulfonamides is 1. The fraction of sp³-hybridized carbons (Fsp3) is 0.500. The zero-order chi connectivity index (χ0) is 21.1. The van der Waals surface area contributed by atoms with E-state index in [0.29, 0.717) is 29.8 Å². The molecule has 1 aromatic heterocycles. The largest absolute Gasteiger partial charge is 0.490 e. The average molecular weight is 441 g/mol. The number of aromatic nitrogens is 2. The summed E-state index contributed by atoms with van der Waals surface area (Å²) < 4.78 is 38.5. The van der Waals surface area contributed by atoms with Crippen LogP contribution in [0.4, 0.5) is 5.13 Å². The van der Waals surface area contributed by atoms with Crippen molar-refractivity contribution in [1.82, 2.24) is 14.9 Å². The highest BCUT2D eigenvalue weighted by Crippen LogP contribution is 2.32. The second kappa shape index (κ2) is 8.64. The standard InChI is InChI=1S/C18H24N4O5S2/c1-18(2,3)16-21-22-17(28-16)20-15(23)7-8-19-29(24,25)12-5-6-13-14(11-12)27-10-4-9-26-13/h5-6,11,19H,4,7-10H2,1-3H3,(H,20,22,23). The molecule has 158 valence electrons. The lowest BCUT2D eigenvalue weighted by Gasteiger charge is -2.12. The molecular formula is C18H24N4O5S2. The third kappa shape index (κ3) is 5.64. The maximum absolute atomic E-state index is 12.5. The minimum absolute atomic E-state index is 0.0335. The third-order valence-corrected chi connectivity index (χ3v) is 6.71. The van der Waals surface area contributed by atoms with Crippen molar-refractivity contribution in [1.29, 1.82) is 0 Å². The maximum atomic E-state index is 12.5. The van der Waals surface area contributed by atoms with Crippen LogP contribution in [-0.4, -0.2) is 44.3 Å². The first-order chi connectivity index (χ1) is 13.6. The van der Waals surface area contributed by atoms with E-state index in [1.165, 1.54) is 23.5 Å². The monoisotopic (exact) mass is 440 g/mol. The van der Waals surface area contributed by atoms with E-state index < -0.39 is 10.0 Å². The number of benzene rings is 1. The molecule has 1 aliphatic rings. The molecular weight excluding hydrogens is 416 g/mol. The van der Waals surface area contributed by atoms with Crippen LogP contribution in [0, 0.1) is 0 Å². The van der Waals surface area contributed by atoms with Gasteiger partial charge in [0.25, 0.3) is 0 Å². The van der Waals surface area contributed by atoms with Crippen molar-refractivity contribution in [2.45, 2.75) is 43.9 Å². The highest BCUT2D eigenvalue weighted by atomic mass is 32.2. The summed E-state index contributed by atoms with van der Waals surface area (Å²) in [5.74, 6) is 0.574. The maximum Gasteiger partial charge on any atom is 0.240 e. The molecule has 0 unspecified atom stereocenters. The van der Waals surface area contributed by atoms with E-state index in [1.54, 1.807) is 6.07 Å². The number of nitrogens with zero attached hydrogens (tertiary/aromatic N) is 2. The summed E-state index contributed by atoms with van der Waals surface area (Å²) in [4.78, 5) is 12.1. The second-order valence-electron chi connectivity index (χ2n) is 7.52. The van der Waals surface area contributed by atoms with Gasteiger partial charge in [0.1, 0.15) is 5.01 Å². The Kier molecular flexibility index (Phi) is 6.39. The number of anilines is 1. The first-order valence-corrected chi connectivity index (χ1v) is 11.5. The molecule has 0 saturated carbocycles. The first-order valence-electron chi connectivity index (χ1n) is 9.18. The van der Waals surface area contributed by atoms with Crippen LogP contribution in [0.15, 0.2) is 23.1 Å². The summed E-state index contributed by atoms with van der Waals surface area (Å²) in [6.07, 6.45) is 0.699. The van der Waals surface area contributed by atoms with Crippen molar-refractivity contribution in [3.05, 3.63) is 23.2 Å². The Morgan fingerprint density at radius 2 is 1.90 bits per heavy atom. The summed E-state index contributed by atoms with van der Waals surface area (Å²) in [5.41, 5.74) is -0.154. The Balaban J connectivity index is 1.54. The fourth-order valence-electron chi connectivity index (χ4n) is 2.45. The lowest BCUT2D eigenvalue weighted by molar-refractivity contribution is -0.116. The molecule has 0 spiro atoms. The van der Waals surface area contributed by atoms with E-state index in [9.17, 15) is 13.2 Å². The summed E-state index contributed by atoms with van der Waals surface area (Å²) in [6, 6.07) is 4.45. The molecule has 0 aliphatic carbocycles. The second-order valence-corrected chi connectivity index (χ2v) is 10.3. The van der Waals surface area contributed by atoms with Gasteiger partial charge in [-0.25, -0.2) is 13.1 Å². The van der Waals surface area contributed by atoms with Gasteiger partial charge in [0, 0.05) is 30.9 Å². The number of hydrogen-bond donors (Lipinski definition) is 2. The number of hydrogen-bond acceptors (Lipinski definition) is 8. The number of rotatable bonds is 6. The van der Waals surface area contributed by atoms with Crippen molar-refractivity contribution in [3.8, 4) is 11.5 Å². The van der Waals surface area contributed by atoms with E-state index >= 15 is 0 Å². The van der Waals surface area contributed by atoms with Crippen molar-refractivity contribution in [3.63, 3.8) is 0 Å². The fourth-order valence-corrected chi connectivity index (χ4v) is 4.32. The number of amides is 1. The Morgan fingerprint density at radius 3 is 2.59 bits per heavy atom. The molecule has 0 bridgehead atoms. The number of ether oxygens (including phenoxy) is 2. The van der Waals surface area contributed by atoms with E-state index in [4.69, 9.17) is 9.47 Å². The minimum atomic E-state index is -3.78. The minimum Gasteiger partial charge on any atom is -0.490 e. The predicted octanol–water partition coefficient (Wildman–Crippen LogP) is 2.30. The van der Waals surface area contributed by atoms with E-state index in [1.807, 2.05) is 20.8 Å². The van der Waals surface area contributed by atoms with Gasteiger partial charge in [0.2, 0.25) is 21.1 Å². The summed E-state index contributed by atoms with van der Waals surface area (Å²) in [7, 11) is -3.78. The Hall–Kier alpha value is -2.24. The Morgan fingerprint density at radius 1 is 1.17 bits per heavy atom. The highest BCUT2D eigenvalue weighted by molar-refractivity contribution is 7.89. The van der Waals surface area contributed by atoms with E-state index in [0.717, 1.165) is 11.4 Å². The number of carbonyl (C=O) groups is 1. The predicted molar refractivity (Wildman–Crippen MR) is 109 cm³/mol. The number of nitrogens with one attached hydrogen (secondary N) is 2. The molecule has 9 nitrogen and oxygen atoms in total. The molecule has 1 aromatic carbocycles. The van der Waals surface area contributed by atoms with Crippen LogP contribution < -0.4 is 19.5 Å². The summed E-state index contributed by atoms with van der Waals surface area (Å²) in [5, 5.41) is 11.9. The number of carbonyl (C=O) groups excluding carboxylic acids is 1. The van der Waals surface area contributed by atoms with Gasteiger partial charge < -0.3 is 14.8 Å². The van der Waals surface area contributed by atoms with Gasteiger partial charge in [-0.2, -0.15) is 0 Å². The van der Waals surface area contributed by atoms with Crippen LogP contribution in [0.2, 0.25) is 0 Å². The van der Waals surface area contributed by atoms with Gasteiger partial charge in [-0.05, 0) is 12.1 Å². The molecule has 0 fully saturated rings. The van der Waals surface area contributed by atoms with Crippen LogP contribution in [0.25, 0.3) is 0 Å². The summed E-state index contributed by atoms with van der Waals surface area (Å²) >= 11 is 1.30. The molecule has 2 N–H and O–H groups in total. The molecule has 2 heterocycles. The van der Waals surface area contributed by atoms with Crippen LogP contribution in [-0.2, 0) is 20.2 Å². The Bertz CT molecular complexity index is 982. The molecule has 0 radical (unpaired) electrons. The molecule has 0 saturated heterocycles. The Labute approximate surface area is 173 Å². The first kappa shape index (κ1) is 21.5. The van der Waals surface area contributed by atoms with Crippen LogP contribution in [0.5, 0.6) is 11.5 Å². The molecule has 29 heavy (non-hydrogen) atoms. The van der Waals surface area contributed by atoms with Gasteiger partial charge in [-0.3, -0.25) is 4.79 Å². The van der Waals surface area contributed by atoms with E-state index in [2.05, 4.69) is 20.2 Å². The van der Waals surface area contributed by atoms with Gasteiger partial charge in [-0.1, -0.05) is 32.1 Å². The number of fused-ring (bicyclic) bond motifs is 1.